The number of hydrogen-bond donors (Lipinski definition) is 1. The van der Waals surface area contributed by atoms with Crippen LogP contribution in [0.15, 0.2) is 82.6 Å². The Hall–Kier alpha value is -3.21. The predicted molar refractivity (Wildman–Crippen MR) is 165 cm³/mol. The van der Waals surface area contributed by atoms with Crippen LogP contribution < -0.4 is 14.4 Å². The van der Waals surface area contributed by atoms with Crippen LogP contribution in [0.4, 0.5) is 5.69 Å². The maximum absolute atomic E-state index is 14.0. The average Bonchev–Trinajstić information content (AvgIpc) is 2.97. The van der Waals surface area contributed by atoms with Gasteiger partial charge in [-0.3, -0.25) is 13.9 Å². The molecular weight excluding hydrogens is 582 g/mol. The zero-order chi connectivity index (χ0) is 30.0. The number of sulfonamides is 1. The van der Waals surface area contributed by atoms with Gasteiger partial charge >= 0.3 is 0 Å². The molecule has 0 heterocycles. The number of carbonyl (C=O) groups is 2. The predicted octanol–water partition coefficient (Wildman–Crippen LogP) is 5.60. The first-order valence-corrected chi connectivity index (χ1v) is 16.4. The summed E-state index contributed by atoms with van der Waals surface area (Å²) in [7, 11) is -4.16. The third-order valence-corrected chi connectivity index (χ3v) is 9.15. The van der Waals surface area contributed by atoms with Gasteiger partial charge in [0, 0.05) is 23.0 Å². The molecule has 0 saturated heterocycles. The second-order valence-corrected chi connectivity index (χ2v) is 12.3. The van der Waals surface area contributed by atoms with E-state index in [0.29, 0.717) is 36.0 Å². The minimum absolute atomic E-state index is 0.0528. The van der Waals surface area contributed by atoms with Gasteiger partial charge in [-0.2, -0.15) is 0 Å². The average molecular weight is 618 g/mol. The first kappa shape index (κ1) is 32.3. The molecule has 220 valence electrons. The van der Waals surface area contributed by atoms with Crippen LogP contribution in [0.3, 0.4) is 0 Å². The fourth-order valence-corrected chi connectivity index (χ4v) is 6.23. The lowest BCUT2D eigenvalue weighted by atomic mass is 10.1. The fraction of sp³-hybridized carbons (Fsp3) is 0.333. The molecule has 11 heteroatoms. The number of amides is 2. The summed E-state index contributed by atoms with van der Waals surface area (Å²) in [6.45, 7) is 5.93. The smallest absolute Gasteiger partial charge is 0.264 e. The zero-order valence-corrected chi connectivity index (χ0v) is 26.1. The molecule has 3 aromatic rings. The topological polar surface area (TPSA) is 96.0 Å². The van der Waals surface area contributed by atoms with E-state index >= 15 is 0 Å². The lowest BCUT2D eigenvalue weighted by Gasteiger charge is -2.33. The van der Waals surface area contributed by atoms with E-state index in [9.17, 15) is 18.0 Å². The molecule has 3 rings (SSSR count). The van der Waals surface area contributed by atoms with Gasteiger partial charge in [-0.1, -0.05) is 30.7 Å². The van der Waals surface area contributed by atoms with E-state index in [0.717, 1.165) is 14.8 Å². The van der Waals surface area contributed by atoms with Crippen molar-refractivity contribution in [3.8, 4) is 5.75 Å². The van der Waals surface area contributed by atoms with Crippen LogP contribution in [0.2, 0.25) is 5.02 Å². The Morgan fingerprint density at radius 2 is 1.59 bits per heavy atom. The van der Waals surface area contributed by atoms with Crippen molar-refractivity contribution in [3.63, 3.8) is 0 Å². The Bertz CT molecular complexity index is 1400. The quantitative estimate of drug-likeness (QED) is 0.237. The molecule has 0 aliphatic heterocycles. The van der Waals surface area contributed by atoms with Crippen molar-refractivity contribution in [1.29, 1.82) is 0 Å². The number of nitrogens with one attached hydrogen (secondary N) is 1. The summed E-state index contributed by atoms with van der Waals surface area (Å²) < 4.78 is 34.6. The van der Waals surface area contributed by atoms with Crippen molar-refractivity contribution in [3.05, 3.63) is 83.4 Å². The Morgan fingerprint density at radius 3 is 2.12 bits per heavy atom. The molecule has 3 aromatic carbocycles. The number of thioether (sulfide) groups is 1. The van der Waals surface area contributed by atoms with Gasteiger partial charge in [0.15, 0.2) is 0 Å². The van der Waals surface area contributed by atoms with Gasteiger partial charge in [-0.15, -0.1) is 11.8 Å². The van der Waals surface area contributed by atoms with Gasteiger partial charge in [0.1, 0.15) is 18.3 Å². The molecule has 2 amide bonds. The molecule has 0 fully saturated rings. The standard InChI is InChI=1S/C30H36ClN3O5S2/c1-5-28(30(36)32-6-2)33(20-22-8-10-23(31)11-9-22)29(35)21-34(24-12-14-25(15-13-24)39-7-3)41(37,38)27-18-16-26(40-4)17-19-27/h8-19,28H,5-7,20-21H2,1-4H3,(H,32,36)/t28-/m0/s1. The zero-order valence-electron chi connectivity index (χ0n) is 23.7. The van der Waals surface area contributed by atoms with Crippen molar-refractivity contribution in [1.82, 2.24) is 10.2 Å². The number of benzene rings is 3. The number of rotatable bonds is 14. The van der Waals surface area contributed by atoms with Gasteiger partial charge in [-0.05, 0) is 92.8 Å². The van der Waals surface area contributed by atoms with E-state index in [1.54, 1.807) is 67.6 Å². The maximum atomic E-state index is 14.0. The minimum atomic E-state index is -4.16. The van der Waals surface area contributed by atoms with E-state index in [2.05, 4.69) is 5.32 Å². The molecule has 0 bridgehead atoms. The molecule has 41 heavy (non-hydrogen) atoms. The van der Waals surface area contributed by atoms with Crippen molar-refractivity contribution < 1.29 is 22.7 Å². The molecule has 0 unspecified atom stereocenters. The largest absolute Gasteiger partial charge is 0.494 e. The molecule has 0 saturated carbocycles. The summed E-state index contributed by atoms with van der Waals surface area (Å²) in [6.07, 6.45) is 2.25. The highest BCUT2D eigenvalue weighted by Gasteiger charge is 2.33. The number of ether oxygens (including phenoxy) is 1. The molecule has 1 N–H and O–H groups in total. The normalized spacial score (nSPS) is 11.9. The van der Waals surface area contributed by atoms with Crippen LogP contribution in [0.1, 0.15) is 32.8 Å². The lowest BCUT2D eigenvalue weighted by Crippen LogP contribution is -2.52. The number of anilines is 1. The monoisotopic (exact) mass is 617 g/mol. The van der Waals surface area contributed by atoms with E-state index in [4.69, 9.17) is 16.3 Å². The third-order valence-electron chi connectivity index (χ3n) is 6.37. The highest BCUT2D eigenvalue weighted by atomic mass is 35.5. The second-order valence-electron chi connectivity index (χ2n) is 9.08. The van der Waals surface area contributed by atoms with E-state index in [1.165, 1.54) is 28.8 Å². The Kier molecular flexibility index (Phi) is 11.9. The molecule has 0 aromatic heterocycles. The van der Waals surface area contributed by atoms with Crippen LogP contribution in [0, 0.1) is 0 Å². The van der Waals surface area contributed by atoms with Crippen molar-refractivity contribution >= 4 is 50.9 Å². The van der Waals surface area contributed by atoms with Crippen LogP contribution in [-0.4, -0.2) is 57.1 Å². The summed E-state index contributed by atoms with van der Waals surface area (Å²) in [5, 5.41) is 3.34. The number of likely N-dealkylation sites (N-methyl/N-ethyl adjacent to an activating group) is 1. The Labute approximate surface area is 252 Å². The first-order valence-electron chi connectivity index (χ1n) is 13.4. The SMILES string of the molecule is CCNC(=O)[C@H](CC)N(Cc1ccc(Cl)cc1)C(=O)CN(c1ccc(OCC)cc1)S(=O)(=O)c1ccc(SC)cc1. The summed E-state index contributed by atoms with van der Waals surface area (Å²) in [5.41, 5.74) is 1.06. The highest BCUT2D eigenvalue weighted by molar-refractivity contribution is 7.98. The number of hydrogen-bond acceptors (Lipinski definition) is 6. The summed E-state index contributed by atoms with van der Waals surface area (Å²) in [6, 6.07) is 19.2. The molecule has 0 spiro atoms. The van der Waals surface area contributed by atoms with Crippen LogP contribution in [0.5, 0.6) is 5.75 Å². The van der Waals surface area contributed by atoms with Crippen molar-refractivity contribution in [2.75, 3.05) is 30.3 Å². The van der Waals surface area contributed by atoms with E-state index in [1.807, 2.05) is 20.1 Å². The van der Waals surface area contributed by atoms with Gasteiger partial charge in [-0.25, -0.2) is 8.42 Å². The number of carbonyl (C=O) groups excluding carboxylic acids is 2. The molecular formula is C30H36ClN3O5S2. The molecule has 0 aliphatic rings. The van der Waals surface area contributed by atoms with Crippen LogP contribution in [0.25, 0.3) is 0 Å². The molecule has 0 aliphatic carbocycles. The Morgan fingerprint density at radius 1 is 0.951 bits per heavy atom. The minimum Gasteiger partial charge on any atom is -0.494 e. The fourth-order valence-electron chi connectivity index (χ4n) is 4.28. The molecule has 1 atom stereocenters. The van der Waals surface area contributed by atoms with Gasteiger partial charge in [0.05, 0.1) is 17.2 Å². The second kappa shape index (κ2) is 15.1. The van der Waals surface area contributed by atoms with Crippen LogP contribution in [-0.2, 0) is 26.2 Å². The van der Waals surface area contributed by atoms with Gasteiger partial charge in [0.25, 0.3) is 10.0 Å². The first-order chi connectivity index (χ1) is 19.6. The third kappa shape index (κ3) is 8.40. The van der Waals surface area contributed by atoms with Gasteiger partial charge in [0.2, 0.25) is 11.8 Å². The van der Waals surface area contributed by atoms with Crippen molar-refractivity contribution in [2.24, 2.45) is 0 Å². The maximum Gasteiger partial charge on any atom is 0.264 e. The molecule has 8 nitrogen and oxygen atoms in total. The van der Waals surface area contributed by atoms with E-state index < -0.39 is 28.5 Å². The Balaban J connectivity index is 2.05. The molecule has 0 radical (unpaired) electrons. The summed E-state index contributed by atoms with van der Waals surface area (Å²) >= 11 is 7.56. The van der Waals surface area contributed by atoms with Crippen LogP contribution >= 0.6 is 23.4 Å². The summed E-state index contributed by atoms with van der Waals surface area (Å²) in [5.74, 6) is -0.243. The lowest BCUT2D eigenvalue weighted by molar-refractivity contribution is -0.140. The summed E-state index contributed by atoms with van der Waals surface area (Å²) in [4.78, 5) is 29.5. The van der Waals surface area contributed by atoms with Crippen molar-refractivity contribution in [2.45, 2.75) is 49.6 Å². The van der Waals surface area contributed by atoms with E-state index in [-0.39, 0.29) is 17.3 Å². The van der Waals surface area contributed by atoms with Gasteiger partial charge < -0.3 is 15.0 Å². The highest BCUT2D eigenvalue weighted by Crippen LogP contribution is 2.28. The number of nitrogens with zero attached hydrogens (tertiary/aromatic N) is 2. The number of halogens is 1.